The fraction of sp³-hybridized carbons (Fsp3) is 0.120. The Morgan fingerprint density at radius 1 is 0.313 bits per heavy atom. The normalized spacial score (nSPS) is 13.7. The summed E-state index contributed by atoms with van der Waals surface area (Å²) >= 11 is 0. The molecule has 0 bridgehead atoms. The predicted molar refractivity (Wildman–Crippen MR) is 354 cm³/mol. The van der Waals surface area contributed by atoms with Crippen molar-refractivity contribution in [3.63, 3.8) is 0 Å². The van der Waals surface area contributed by atoms with Crippen LogP contribution in [0.4, 0.5) is 68.2 Å². The highest BCUT2D eigenvalue weighted by molar-refractivity contribution is 7.05. The summed E-state index contributed by atoms with van der Waals surface area (Å²) in [6.07, 6.45) is 0. The van der Waals surface area contributed by atoms with Gasteiger partial charge in [-0.05, 0) is 163 Å². The summed E-state index contributed by atoms with van der Waals surface area (Å²) in [6.45, 7) is 13.9. The van der Waals surface area contributed by atoms with Crippen LogP contribution in [-0.2, 0) is 0 Å². The molecule has 0 aliphatic carbocycles. The number of fused-ring (bicyclic) bond motifs is 12. The summed E-state index contributed by atoms with van der Waals surface area (Å²) < 4.78 is 7.37. The van der Waals surface area contributed by atoms with E-state index in [0.29, 0.717) is 17.8 Å². The first-order valence-corrected chi connectivity index (χ1v) is 29.8. The van der Waals surface area contributed by atoms with E-state index in [1.165, 1.54) is 94.3 Å². The smallest absolute Gasteiger partial charge is 0.252 e. The van der Waals surface area contributed by atoms with Crippen molar-refractivity contribution in [3.05, 3.63) is 259 Å². The summed E-state index contributed by atoms with van der Waals surface area (Å²) in [4.78, 5) is 10.2. The highest BCUT2D eigenvalue weighted by Crippen LogP contribution is 2.51. The Labute approximate surface area is 489 Å². The molecule has 0 atom stereocenters. The van der Waals surface area contributed by atoms with Gasteiger partial charge in [-0.1, -0.05) is 199 Å². The Kier molecular flexibility index (Phi) is 11.4. The van der Waals surface area contributed by atoms with Crippen LogP contribution in [0.3, 0.4) is 0 Å². The average Bonchev–Trinajstić information content (AvgIpc) is 1.22. The lowest BCUT2D eigenvalue weighted by molar-refractivity contribution is 0.487. The zero-order chi connectivity index (χ0) is 55.8. The quantitative estimate of drug-likeness (QED) is 0.134. The molecule has 0 saturated carbocycles. The minimum Gasteiger partial charge on any atom is -0.458 e. The van der Waals surface area contributed by atoms with Gasteiger partial charge in [-0.25, -0.2) is 0 Å². The molecule has 5 nitrogen and oxygen atoms in total. The number of anilines is 12. The lowest BCUT2D eigenvalue weighted by Crippen LogP contribution is -2.69. The van der Waals surface area contributed by atoms with Crippen LogP contribution in [0, 0.1) is 0 Å². The molecule has 5 aliphatic heterocycles. The molecule has 0 radical (unpaired) electrons. The van der Waals surface area contributed by atoms with Gasteiger partial charge in [0.25, 0.3) is 20.1 Å². The van der Waals surface area contributed by atoms with E-state index in [9.17, 15) is 0 Å². The molecule has 0 spiro atoms. The van der Waals surface area contributed by atoms with Crippen molar-refractivity contribution in [3.8, 4) is 11.5 Å². The summed E-state index contributed by atoms with van der Waals surface area (Å²) in [6, 6.07) is 90.9. The number of nitrogens with zero attached hydrogens (tertiary/aromatic N) is 4. The van der Waals surface area contributed by atoms with Gasteiger partial charge in [-0.15, -0.1) is 0 Å². The molecular weight excluding hydrogens is 1010 g/mol. The number of para-hydroxylation sites is 7. The van der Waals surface area contributed by atoms with E-state index in [1.807, 2.05) is 0 Å². The third kappa shape index (κ3) is 7.44. The molecule has 0 amide bonds. The van der Waals surface area contributed by atoms with Gasteiger partial charge in [0.15, 0.2) is 0 Å². The topological polar surface area (TPSA) is 22.2 Å². The lowest BCUT2D eigenvalue weighted by atomic mass is 9.28. The molecule has 83 heavy (non-hydrogen) atoms. The number of ether oxygens (including phenoxy) is 1. The van der Waals surface area contributed by atoms with Crippen molar-refractivity contribution < 1.29 is 4.74 Å². The maximum absolute atomic E-state index is 7.37. The van der Waals surface area contributed by atoms with Crippen LogP contribution < -0.4 is 73.5 Å². The third-order valence-corrected chi connectivity index (χ3v) is 18.4. The van der Waals surface area contributed by atoms with E-state index in [1.54, 1.807) is 0 Å². The first-order valence-electron chi connectivity index (χ1n) is 29.8. The van der Waals surface area contributed by atoms with Gasteiger partial charge in [0.2, 0.25) is 0 Å². The molecule has 5 heterocycles. The second-order valence-electron chi connectivity index (χ2n) is 24.1. The van der Waals surface area contributed by atoms with Gasteiger partial charge < -0.3 is 24.3 Å². The third-order valence-electron chi connectivity index (χ3n) is 18.4. The van der Waals surface area contributed by atoms with Crippen LogP contribution in [0.25, 0.3) is 0 Å². The van der Waals surface area contributed by atoms with Gasteiger partial charge in [0.05, 0.1) is 0 Å². The Bertz CT molecular complexity index is 4330. The van der Waals surface area contributed by atoms with E-state index >= 15 is 0 Å². The van der Waals surface area contributed by atoms with Gasteiger partial charge in [0.1, 0.15) is 11.5 Å². The van der Waals surface area contributed by atoms with Crippen LogP contribution in [0.1, 0.15) is 76.0 Å². The Hall–Kier alpha value is -9.39. The van der Waals surface area contributed by atoms with Crippen molar-refractivity contribution in [1.29, 1.82) is 0 Å². The number of hydrogen-bond acceptors (Lipinski definition) is 5. The summed E-state index contributed by atoms with van der Waals surface area (Å²) in [5.74, 6) is 2.81. The zero-order valence-corrected chi connectivity index (χ0v) is 47.8. The predicted octanol–water partition coefficient (Wildman–Crippen LogP) is 13.8. The second-order valence-corrected chi connectivity index (χ2v) is 24.1. The zero-order valence-electron chi connectivity index (χ0n) is 47.8. The van der Waals surface area contributed by atoms with Crippen LogP contribution in [0.15, 0.2) is 243 Å². The van der Waals surface area contributed by atoms with Crippen molar-refractivity contribution in [2.75, 3.05) is 19.6 Å². The van der Waals surface area contributed by atoms with Gasteiger partial charge >= 0.3 is 0 Å². The minimum atomic E-state index is -0.170. The molecular formula is C75H61B3N4O. The SMILES string of the molecule is CC(C)c1cc(C(C)C)c(B2c3ccccc3Oc3cc4c(cc32)B2c3ccc(N(c5ccccc5)c5ccccc5)cc3N3c5ccccc5B5c6ccccc6N(c6ccccc6)c6cc(c2c3c65)N4c2ccccc2)c(C(C)C)c1. The molecule has 0 unspecified atom stereocenters. The lowest BCUT2D eigenvalue weighted by Gasteiger charge is -2.51. The molecule has 16 rings (SSSR count). The average molecular weight is 1070 g/mol. The Morgan fingerprint density at radius 2 is 0.771 bits per heavy atom. The van der Waals surface area contributed by atoms with Crippen LogP contribution in [0.5, 0.6) is 11.5 Å². The molecule has 11 aromatic carbocycles. The molecule has 0 N–H and O–H groups in total. The standard InChI is InChI=1S/C75H61B3N4O/c1-47(2)50-41-56(48(3)4)72(57(42-50)49(5)6)78-61-35-21-24-38-70(61)83-71-46-67-62(44-63(71)78)77-60-40-39-55(79(51-25-11-7-12-26-51)52-27-13-8-14-28-52)43-66(60)82-65-37-23-20-34-59(65)76-58-33-19-22-36-64(58)80(53-29-15-9-16-30-53)68-45-69(74(77)75(82)73(68)76)81(67)54-31-17-10-18-32-54/h7-49H,1-6H3. The second kappa shape index (κ2) is 19.1. The molecule has 0 fully saturated rings. The van der Waals surface area contributed by atoms with E-state index < -0.39 is 0 Å². The van der Waals surface area contributed by atoms with Crippen molar-refractivity contribution >= 4 is 138 Å². The Morgan fingerprint density at radius 3 is 1.34 bits per heavy atom. The number of rotatable bonds is 9. The first-order chi connectivity index (χ1) is 40.7. The van der Waals surface area contributed by atoms with Gasteiger partial charge in [0, 0.05) is 74.3 Å². The maximum atomic E-state index is 7.37. The fourth-order valence-corrected chi connectivity index (χ4v) is 14.8. The Balaban J connectivity index is 1.05. The maximum Gasteiger partial charge on any atom is 0.252 e. The molecule has 8 heteroatoms. The van der Waals surface area contributed by atoms with Crippen LogP contribution in [0.2, 0.25) is 0 Å². The van der Waals surface area contributed by atoms with Gasteiger partial charge in [-0.3, -0.25) is 0 Å². The summed E-state index contributed by atoms with van der Waals surface area (Å²) in [5.41, 5.74) is 29.7. The van der Waals surface area contributed by atoms with Crippen molar-refractivity contribution in [1.82, 2.24) is 0 Å². The fourth-order valence-electron chi connectivity index (χ4n) is 14.8. The van der Waals surface area contributed by atoms with Crippen molar-refractivity contribution in [2.24, 2.45) is 0 Å². The molecule has 0 aromatic heterocycles. The van der Waals surface area contributed by atoms with E-state index in [-0.39, 0.29) is 20.1 Å². The summed E-state index contributed by atoms with van der Waals surface area (Å²) in [7, 11) is 0. The molecule has 11 aromatic rings. The van der Waals surface area contributed by atoms with Gasteiger partial charge in [-0.2, -0.15) is 0 Å². The van der Waals surface area contributed by atoms with Crippen LogP contribution in [-0.4, -0.2) is 20.1 Å². The van der Waals surface area contributed by atoms with Crippen molar-refractivity contribution in [2.45, 2.75) is 59.3 Å². The minimum absolute atomic E-state index is 0.0356. The van der Waals surface area contributed by atoms with Crippen LogP contribution >= 0.6 is 0 Å². The molecule has 5 aliphatic rings. The monoisotopic (exact) mass is 1070 g/mol. The highest BCUT2D eigenvalue weighted by atomic mass is 16.5. The largest absolute Gasteiger partial charge is 0.458 e. The number of hydrogen-bond donors (Lipinski definition) is 0. The molecule has 396 valence electrons. The number of benzene rings is 11. The highest BCUT2D eigenvalue weighted by Gasteiger charge is 2.52. The van der Waals surface area contributed by atoms with E-state index in [0.717, 1.165) is 51.3 Å². The summed E-state index contributed by atoms with van der Waals surface area (Å²) in [5, 5.41) is 0. The van der Waals surface area contributed by atoms with E-state index in [4.69, 9.17) is 4.74 Å². The first kappa shape index (κ1) is 49.4. The van der Waals surface area contributed by atoms with E-state index in [2.05, 4.69) is 304 Å². The molecule has 0 saturated heterocycles.